The Balaban J connectivity index is 2.10. The third kappa shape index (κ3) is 3.25. The van der Waals surface area contributed by atoms with Gasteiger partial charge in [-0.05, 0) is 46.3 Å². The van der Waals surface area contributed by atoms with E-state index in [0.29, 0.717) is 12.4 Å². The molecule has 1 aromatic carbocycles. The Morgan fingerprint density at radius 3 is 2.78 bits per heavy atom. The molecule has 0 amide bonds. The summed E-state index contributed by atoms with van der Waals surface area (Å²) in [5.74, 6) is -0.578. The van der Waals surface area contributed by atoms with Crippen molar-refractivity contribution in [3.8, 4) is 5.75 Å². The van der Waals surface area contributed by atoms with E-state index >= 15 is 0 Å². The molecule has 0 bridgehead atoms. The van der Waals surface area contributed by atoms with Crippen molar-refractivity contribution >= 4 is 44.8 Å². The summed E-state index contributed by atoms with van der Waals surface area (Å²) in [6.07, 6.45) is 0. The van der Waals surface area contributed by atoms with Gasteiger partial charge in [-0.15, -0.1) is 11.3 Å². The molecule has 0 aliphatic heterocycles. The highest BCUT2D eigenvalue weighted by Gasteiger charge is 2.10. The van der Waals surface area contributed by atoms with Crippen molar-refractivity contribution in [3.05, 3.63) is 49.6 Å². The Morgan fingerprint density at radius 2 is 2.17 bits per heavy atom. The zero-order chi connectivity index (χ0) is 13.1. The van der Waals surface area contributed by atoms with Crippen LogP contribution in [-0.2, 0) is 6.61 Å². The van der Waals surface area contributed by atoms with Crippen LogP contribution < -0.4 is 4.74 Å². The Kier molecular flexibility index (Phi) is 4.27. The molecule has 2 aromatic rings. The molecule has 2 rings (SSSR count). The fourth-order valence-corrected chi connectivity index (χ4v) is 2.94. The lowest BCUT2D eigenvalue weighted by molar-refractivity contribution is 0.0696. The van der Waals surface area contributed by atoms with Crippen molar-refractivity contribution in [1.82, 2.24) is 0 Å². The minimum Gasteiger partial charge on any atom is -0.488 e. The molecule has 0 aliphatic carbocycles. The number of rotatable bonds is 4. The minimum absolute atomic E-state index is 0.0431. The first-order valence-electron chi connectivity index (χ1n) is 4.96. The van der Waals surface area contributed by atoms with E-state index in [0.717, 1.165) is 8.66 Å². The molecule has 0 unspecified atom stereocenters. The van der Waals surface area contributed by atoms with Crippen LogP contribution >= 0.6 is 38.9 Å². The summed E-state index contributed by atoms with van der Waals surface area (Å²) < 4.78 is 6.55. The number of halogens is 2. The maximum atomic E-state index is 10.9. The van der Waals surface area contributed by atoms with Gasteiger partial charge in [0.25, 0.3) is 0 Å². The molecule has 0 spiro atoms. The number of carboxylic acid groups (broad SMARTS) is 1. The van der Waals surface area contributed by atoms with Crippen molar-refractivity contribution in [2.45, 2.75) is 6.61 Å². The zero-order valence-electron chi connectivity index (χ0n) is 9.02. The molecule has 1 heterocycles. The van der Waals surface area contributed by atoms with Gasteiger partial charge in [-0.3, -0.25) is 0 Å². The maximum Gasteiger partial charge on any atom is 0.337 e. The third-order valence-corrected chi connectivity index (χ3v) is 4.10. The van der Waals surface area contributed by atoms with Gasteiger partial charge in [0.1, 0.15) is 12.4 Å². The summed E-state index contributed by atoms with van der Waals surface area (Å²) >= 11 is 10.7. The lowest BCUT2D eigenvalue weighted by atomic mass is 10.2. The topological polar surface area (TPSA) is 46.5 Å². The van der Waals surface area contributed by atoms with Gasteiger partial charge < -0.3 is 9.84 Å². The second kappa shape index (κ2) is 5.73. The molecule has 0 saturated carbocycles. The fraction of sp³-hybridized carbons (Fsp3) is 0.0833. The minimum atomic E-state index is -1.07. The van der Waals surface area contributed by atoms with Crippen molar-refractivity contribution < 1.29 is 14.6 Å². The highest BCUT2D eigenvalue weighted by molar-refractivity contribution is 9.11. The van der Waals surface area contributed by atoms with Crippen LogP contribution in [0.3, 0.4) is 0 Å². The van der Waals surface area contributed by atoms with Crippen molar-refractivity contribution in [2.75, 3.05) is 0 Å². The summed E-state index contributed by atoms with van der Waals surface area (Å²) in [5, 5.41) is 9.14. The molecular formula is C12H8BrClO3S. The summed E-state index contributed by atoms with van der Waals surface area (Å²) in [5.41, 5.74) is 0.0431. The van der Waals surface area contributed by atoms with Gasteiger partial charge in [0, 0.05) is 4.88 Å². The van der Waals surface area contributed by atoms with Crippen LogP contribution in [0.25, 0.3) is 0 Å². The molecule has 0 fully saturated rings. The van der Waals surface area contributed by atoms with Crippen LogP contribution in [0.4, 0.5) is 0 Å². The second-order valence-corrected chi connectivity index (χ2v) is 6.40. The van der Waals surface area contributed by atoms with Crippen molar-refractivity contribution in [2.24, 2.45) is 0 Å². The Morgan fingerprint density at radius 1 is 1.39 bits per heavy atom. The van der Waals surface area contributed by atoms with Crippen LogP contribution in [0.2, 0.25) is 5.02 Å². The van der Waals surface area contributed by atoms with Gasteiger partial charge >= 0.3 is 5.97 Å². The molecule has 1 aromatic heterocycles. The van der Waals surface area contributed by atoms with Gasteiger partial charge in [-0.1, -0.05) is 11.6 Å². The molecule has 3 nitrogen and oxygen atoms in total. The van der Waals surface area contributed by atoms with E-state index in [-0.39, 0.29) is 10.6 Å². The first kappa shape index (κ1) is 13.4. The smallest absolute Gasteiger partial charge is 0.337 e. The van der Waals surface area contributed by atoms with E-state index in [2.05, 4.69) is 15.9 Å². The number of thiophene rings is 1. The Hall–Kier alpha value is -1.04. The Bertz CT molecular complexity index is 582. The fourth-order valence-electron chi connectivity index (χ4n) is 1.34. The molecule has 0 saturated heterocycles. The number of carboxylic acids is 1. The molecule has 0 aliphatic rings. The van der Waals surface area contributed by atoms with Crippen molar-refractivity contribution in [3.63, 3.8) is 0 Å². The zero-order valence-corrected chi connectivity index (χ0v) is 12.2. The molecular weight excluding hydrogens is 340 g/mol. The van der Waals surface area contributed by atoms with E-state index in [1.54, 1.807) is 17.4 Å². The second-order valence-electron chi connectivity index (χ2n) is 3.44. The maximum absolute atomic E-state index is 10.9. The van der Waals surface area contributed by atoms with Gasteiger partial charge in [0.2, 0.25) is 0 Å². The highest BCUT2D eigenvalue weighted by atomic mass is 79.9. The van der Waals surface area contributed by atoms with E-state index in [1.807, 2.05) is 12.1 Å². The standard InChI is InChI=1S/C12H8BrClO3S/c13-11-4-2-8(18-11)6-17-7-1-3-10(14)9(5-7)12(15)16/h1-5H,6H2,(H,15,16). The summed E-state index contributed by atoms with van der Waals surface area (Å²) in [7, 11) is 0. The summed E-state index contributed by atoms with van der Waals surface area (Å²) in [6.45, 7) is 0.400. The normalized spacial score (nSPS) is 10.3. The van der Waals surface area contributed by atoms with E-state index < -0.39 is 5.97 Å². The van der Waals surface area contributed by atoms with Gasteiger partial charge in [0.05, 0.1) is 14.4 Å². The number of carbonyl (C=O) groups is 1. The number of ether oxygens (including phenoxy) is 1. The van der Waals surface area contributed by atoms with Crippen LogP contribution in [0, 0.1) is 0 Å². The largest absolute Gasteiger partial charge is 0.488 e. The SMILES string of the molecule is O=C(O)c1cc(OCc2ccc(Br)s2)ccc1Cl. The number of hydrogen-bond donors (Lipinski definition) is 1. The number of aromatic carboxylic acids is 1. The molecule has 18 heavy (non-hydrogen) atoms. The Labute approximate surface area is 121 Å². The van der Waals surface area contributed by atoms with Gasteiger partial charge in [-0.2, -0.15) is 0 Å². The molecule has 6 heteroatoms. The van der Waals surface area contributed by atoms with Crippen LogP contribution in [0.1, 0.15) is 15.2 Å². The number of benzene rings is 1. The number of hydrogen-bond acceptors (Lipinski definition) is 3. The first-order chi connectivity index (χ1) is 8.56. The summed E-state index contributed by atoms with van der Waals surface area (Å²) in [6, 6.07) is 8.48. The third-order valence-electron chi connectivity index (χ3n) is 2.18. The quantitative estimate of drug-likeness (QED) is 0.889. The monoisotopic (exact) mass is 346 g/mol. The van der Waals surface area contributed by atoms with Gasteiger partial charge in [-0.25, -0.2) is 4.79 Å². The van der Waals surface area contributed by atoms with Crippen LogP contribution in [-0.4, -0.2) is 11.1 Å². The molecule has 0 atom stereocenters. The highest BCUT2D eigenvalue weighted by Crippen LogP contribution is 2.25. The average molecular weight is 348 g/mol. The lowest BCUT2D eigenvalue weighted by Crippen LogP contribution is -1.99. The predicted octanol–water partition coefficient (Wildman–Crippen LogP) is 4.44. The predicted molar refractivity (Wildman–Crippen MR) is 74.8 cm³/mol. The van der Waals surface area contributed by atoms with E-state index in [4.69, 9.17) is 21.4 Å². The van der Waals surface area contributed by atoms with Crippen molar-refractivity contribution in [1.29, 1.82) is 0 Å². The molecule has 1 N–H and O–H groups in total. The van der Waals surface area contributed by atoms with E-state index in [1.165, 1.54) is 12.1 Å². The van der Waals surface area contributed by atoms with Gasteiger partial charge in [0.15, 0.2) is 0 Å². The lowest BCUT2D eigenvalue weighted by Gasteiger charge is -2.06. The summed E-state index contributed by atoms with van der Waals surface area (Å²) in [4.78, 5) is 12.0. The molecule has 94 valence electrons. The average Bonchev–Trinajstić information content (AvgIpc) is 2.74. The molecule has 0 radical (unpaired) electrons. The van der Waals surface area contributed by atoms with E-state index in [9.17, 15) is 4.79 Å². The van der Waals surface area contributed by atoms with Crippen LogP contribution in [0.5, 0.6) is 5.75 Å². The first-order valence-corrected chi connectivity index (χ1v) is 6.95. The van der Waals surface area contributed by atoms with Crippen LogP contribution in [0.15, 0.2) is 34.1 Å².